The molecule has 0 bridgehead atoms. The van der Waals surface area contributed by atoms with E-state index in [2.05, 4.69) is 5.32 Å². The quantitative estimate of drug-likeness (QED) is 0.878. The largest absolute Gasteiger partial charge is 0.486 e. The lowest BCUT2D eigenvalue weighted by Gasteiger charge is -2.23. The van der Waals surface area contributed by atoms with Crippen molar-refractivity contribution in [2.45, 2.75) is 45.1 Å². The Bertz CT molecular complexity index is 554. The van der Waals surface area contributed by atoms with E-state index in [9.17, 15) is 4.79 Å². The van der Waals surface area contributed by atoms with Crippen LogP contribution in [0.4, 0.5) is 0 Å². The van der Waals surface area contributed by atoms with Crippen LogP contribution in [0.15, 0.2) is 18.2 Å². The molecule has 2 aliphatic heterocycles. The number of amides is 1. The molecule has 1 saturated heterocycles. The number of fused-ring (bicyclic) bond motifs is 1. The SMILES string of the molecule is C[C@@H](NC(=O)C[NH+]1CCCCCCC1)c1ccc2c(c1)OCCO2. The van der Waals surface area contributed by atoms with Crippen LogP contribution in [0.3, 0.4) is 0 Å². The molecule has 0 radical (unpaired) electrons. The van der Waals surface area contributed by atoms with Crippen molar-refractivity contribution in [3.05, 3.63) is 23.8 Å². The van der Waals surface area contributed by atoms with Gasteiger partial charge in [0.25, 0.3) is 5.91 Å². The summed E-state index contributed by atoms with van der Waals surface area (Å²) in [6.45, 7) is 6.01. The number of rotatable bonds is 4. The van der Waals surface area contributed by atoms with Crippen molar-refractivity contribution in [1.29, 1.82) is 0 Å². The molecule has 132 valence electrons. The molecule has 0 spiro atoms. The van der Waals surface area contributed by atoms with Crippen molar-refractivity contribution in [3.63, 3.8) is 0 Å². The van der Waals surface area contributed by atoms with Crippen LogP contribution in [0.2, 0.25) is 0 Å². The van der Waals surface area contributed by atoms with Gasteiger partial charge in [-0.05, 0) is 50.3 Å². The van der Waals surface area contributed by atoms with E-state index in [-0.39, 0.29) is 11.9 Å². The van der Waals surface area contributed by atoms with Crippen molar-refractivity contribution in [3.8, 4) is 11.5 Å². The highest BCUT2D eigenvalue weighted by molar-refractivity contribution is 5.77. The Morgan fingerprint density at radius 1 is 1.08 bits per heavy atom. The van der Waals surface area contributed by atoms with Crippen LogP contribution in [0.1, 0.15) is 50.6 Å². The molecule has 1 amide bonds. The molecule has 1 fully saturated rings. The monoisotopic (exact) mass is 333 g/mol. The number of carbonyl (C=O) groups is 1. The van der Waals surface area contributed by atoms with Crippen LogP contribution in [0.25, 0.3) is 0 Å². The minimum absolute atomic E-state index is 0.0255. The molecule has 1 aromatic rings. The Hall–Kier alpha value is -1.75. The molecule has 2 N–H and O–H groups in total. The van der Waals surface area contributed by atoms with Crippen LogP contribution in [-0.4, -0.2) is 38.8 Å². The molecular formula is C19H29N2O3+. The molecule has 0 saturated carbocycles. The van der Waals surface area contributed by atoms with Crippen LogP contribution >= 0.6 is 0 Å². The first-order valence-electron chi connectivity index (χ1n) is 9.25. The first kappa shape index (κ1) is 17.1. The lowest BCUT2D eigenvalue weighted by molar-refractivity contribution is -0.893. The van der Waals surface area contributed by atoms with E-state index in [4.69, 9.17) is 9.47 Å². The van der Waals surface area contributed by atoms with Crippen LogP contribution in [-0.2, 0) is 4.79 Å². The summed E-state index contributed by atoms with van der Waals surface area (Å²) in [5.74, 6) is 1.69. The molecule has 5 nitrogen and oxygen atoms in total. The third-order valence-electron chi connectivity index (χ3n) is 4.91. The van der Waals surface area contributed by atoms with Crippen molar-refractivity contribution >= 4 is 5.91 Å². The van der Waals surface area contributed by atoms with E-state index in [0.29, 0.717) is 19.8 Å². The predicted molar refractivity (Wildman–Crippen MR) is 92.6 cm³/mol. The predicted octanol–water partition coefficient (Wildman–Crippen LogP) is 1.48. The first-order chi connectivity index (χ1) is 11.7. The number of hydrogen-bond acceptors (Lipinski definition) is 3. The highest BCUT2D eigenvalue weighted by Crippen LogP contribution is 2.32. The smallest absolute Gasteiger partial charge is 0.275 e. The molecule has 3 rings (SSSR count). The average molecular weight is 333 g/mol. The number of hydrogen-bond donors (Lipinski definition) is 2. The zero-order valence-corrected chi connectivity index (χ0v) is 14.6. The highest BCUT2D eigenvalue weighted by atomic mass is 16.6. The van der Waals surface area contributed by atoms with Gasteiger partial charge in [-0.3, -0.25) is 4.79 Å². The van der Waals surface area contributed by atoms with Gasteiger partial charge in [0, 0.05) is 0 Å². The van der Waals surface area contributed by atoms with Crippen molar-refractivity contribution < 1.29 is 19.2 Å². The van der Waals surface area contributed by atoms with E-state index in [0.717, 1.165) is 30.2 Å². The van der Waals surface area contributed by atoms with Gasteiger partial charge in [-0.15, -0.1) is 0 Å². The summed E-state index contributed by atoms with van der Waals surface area (Å²) >= 11 is 0. The Balaban J connectivity index is 1.53. The number of nitrogens with one attached hydrogen (secondary N) is 2. The van der Waals surface area contributed by atoms with Gasteiger partial charge < -0.3 is 19.7 Å². The Labute approximate surface area is 144 Å². The molecule has 1 atom stereocenters. The number of benzene rings is 1. The van der Waals surface area contributed by atoms with Gasteiger partial charge in [0.1, 0.15) is 13.2 Å². The van der Waals surface area contributed by atoms with Crippen molar-refractivity contribution in [2.24, 2.45) is 0 Å². The standard InChI is InChI=1S/C19H28N2O3/c1-15(16-7-8-17-18(13-16)24-12-11-23-17)20-19(22)14-21-9-5-3-2-4-6-10-21/h7-8,13,15H,2-6,9-12,14H2,1H3,(H,20,22)/p+1/t15-/m1/s1. The molecule has 2 aliphatic rings. The summed E-state index contributed by atoms with van der Waals surface area (Å²) in [7, 11) is 0. The second-order valence-corrected chi connectivity index (χ2v) is 6.89. The number of carbonyl (C=O) groups excluding carboxylic acids is 1. The maximum absolute atomic E-state index is 12.4. The zero-order valence-electron chi connectivity index (χ0n) is 14.6. The second-order valence-electron chi connectivity index (χ2n) is 6.89. The minimum Gasteiger partial charge on any atom is -0.486 e. The third kappa shape index (κ3) is 4.63. The fourth-order valence-electron chi connectivity index (χ4n) is 3.51. The van der Waals surface area contributed by atoms with E-state index in [1.807, 2.05) is 25.1 Å². The first-order valence-corrected chi connectivity index (χ1v) is 9.25. The van der Waals surface area contributed by atoms with Gasteiger partial charge in [-0.1, -0.05) is 12.5 Å². The normalized spacial score (nSPS) is 19.9. The van der Waals surface area contributed by atoms with Gasteiger partial charge in [0.2, 0.25) is 0 Å². The van der Waals surface area contributed by atoms with Crippen molar-refractivity contribution in [2.75, 3.05) is 32.8 Å². The van der Waals surface area contributed by atoms with E-state index in [1.165, 1.54) is 37.0 Å². The fourth-order valence-corrected chi connectivity index (χ4v) is 3.51. The third-order valence-corrected chi connectivity index (χ3v) is 4.91. The summed E-state index contributed by atoms with van der Waals surface area (Å²) in [6, 6.07) is 5.88. The summed E-state index contributed by atoms with van der Waals surface area (Å²) < 4.78 is 11.2. The molecule has 24 heavy (non-hydrogen) atoms. The van der Waals surface area contributed by atoms with Gasteiger partial charge in [0.15, 0.2) is 18.0 Å². The summed E-state index contributed by atoms with van der Waals surface area (Å²) in [6.07, 6.45) is 6.43. The molecule has 1 aromatic carbocycles. The average Bonchev–Trinajstić information content (AvgIpc) is 2.56. The van der Waals surface area contributed by atoms with Gasteiger partial charge in [0.05, 0.1) is 19.1 Å². The topological polar surface area (TPSA) is 52.0 Å². The molecule has 2 heterocycles. The molecule has 0 aromatic heterocycles. The number of likely N-dealkylation sites (tertiary alicyclic amines) is 1. The molecule has 0 aliphatic carbocycles. The van der Waals surface area contributed by atoms with E-state index < -0.39 is 0 Å². The molecular weight excluding hydrogens is 304 g/mol. The Kier molecular flexibility index (Phi) is 5.96. The van der Waals surface area contributed by atoms with Gasteiger partial charge in [-0.25, -0.2) is 0 Å². The Morgan fingerprint density at radius 2 is 1.75 bits per heavy atom. The second kappa shape index (κ2) is 8.38. The van der Waals surface area contributed by atoms with Crippen molar-refractivity contribution in [1.82, 2.24) is 5.32 Å². The van der Waals surface area contributed by atoms with Crippen LogP contribution < -0.4 is 19.7 Å². The highest BCUT2D eigenvalue weighted by Gasteiger charge is 2.19. The fraction of sp³-hybridized carbons (Fsp3) is 0.632. The van der Waals surface area contributed by atoms with Gasteiger partial charge >= 0.3 is 0 Å². The maximum Gasteiger partial charge on any atom is 0.275 e. The summed E-state index contributed by atoms with van der Waals surface area (Å²) in [4.78, 5) is 13.8. The number of ether oxygens (including phenoxy) is 2. The maximum atomic E-state index is 12.4. The molecule has 5 heteroatoms. The van der Waals surface area contributed by atoms with Crippen LogP contribution in [0, 0.1) is 0 Å². The summed E-state index contributed by atoms with van der Waals surface area (Å²) in [5.41, 5.74) is 1.05. The minimum atomic E-state index is -0.0255. The van der Waals surface area contributed by atoms with E-state index >= 15 is 0 Å². The van der Waals surface area contributed by atoms with Gasteiger partial charge in [-0.2, -0.15) is 0 Å². The Morgan fingerprint density at radius 3 is 2.50 bits per heavy atom. The van der Waals surface area contributed by atoms with E-state index in [1.54, 1.807) is 0 Å². The summed E-state index contributed by atoms with van der Waals surface area (Å²) in [5, 5.41) is 3.13. The van der Waals surface area contributed by atoms with Crippen LogP contribution in [0.5, 0.6) is 11.5 Å². The molecule has 0 unspecified atom stereocenters. The lowest BCUT2D eigenvalue weighted by Crippen LogP contribution is -3.13. The zero-order chi connectivity index (χ0) is 16.8. The number of quaternary nitrogens is 1. The lowest BCUT2D eigenvalue weighted by atomic mass is 10.1.